The highest BCUT2D eigenvalue weighted by molar-refractivity contribution is 7.19. The van der Waals surface area contributed by atoms with Gasteiger partial charge in [0.15, 0.2) is 5.82 Å². The van der Waals surface area contributed by atoms with E-state index >= 15 is 0 Å². The van der Waals surface area contributed by atoms with E-state index in [4.69, 9.17) is 16.4 Å². The number of nitrogens with one attached hydrogen (secondary N) is 2. The topological polar surface area (TPSA) is 111 Å². The molecule has 1 aliphatic heterocycles. The number of nitrogens with two attached hydrogens (primary N) is 2. The molecular formula is C12H18N6OS. The predicted molar refractivity (Wildman–Crippen MR) is 80.2 cm³/mol. The van der Waals surface area contributed by atoms with E-state index in [-0.39, 0.29) is 6.10 Å². The summed E-state index contributed by atoms with van der Waals surface area (Å²) in [6, 6.07) is 0. The van der Waals surface area contributed by atoms with E-state index in [1.807, 2.05) is 0 Å². The summed E-state index contributed by atoms with van der Waals surface area (Å²) >= 11 is 1.61. The summed E-state index contributed by atoms with van der Waals surface area (Å²) in [5, 5.41) is 0.987. The number of nitrogens with zero attached hydrogens (tertiary/aromatic N) is 2. The minimum atomic E-state index is 0.221. The van der Waals surface area contributed by atoms with Gasteiger partial charge in [-0.25, -0.2) is 16.7 Å². The second kappa shape index (κ2) is 5.13. The van der Waals surface area contributed by atoms with Crippen molar-refractivity contribution in [3.8, 4) is 0 Å². The maximum atomic E-state index is 5.90. The van der Waals surface area contributed by atoms with E-state index < -0.39 is 0 Å². The quantitative estimate of drug-likeness (QED) is 0.499. The maximum Gasteiger partial charge on any atom is 0.240 e. The summed E-state index contributed by atoms with van der Waals surface area (Å²) in [5.74, 6) is 12.4. The van der Waals surface area contributed by atoms with Gasteiger partial charge in [-0.2, -0.15) is 4.98 Å². The van der Waals surface area contributed by atoms with Crippen LogP contribution in [0.4, 0.5) is 11.8 Å². The molecule has 0 radical (unpaired) electrons. The molecule has 1 unspecified atom stereocenters. The fraction of sp³-hybridized carbons (Fsp3) is 0.500. The highest BCUT2D eigenvalue weighted by atomic mass is 32.1. The molecule has 3 rings (SSSR count). The summed E-state index contributed by atoms with van der Waals surface area (Å²) < 4.78 is 5.90. The monoisotopic (exact) mass is 294 g/mol. The zero-order valence-corrected chi connectivity index (χ0v) is 12.3. The smallest absolute Gasteiger partial charge is 0.240 e. The van der Waals surface area contributed by atoms with Gasteiger partial charge < -0.3 is 10.2 Å². The SMILES string of the molecule is CC(C)C1Cc2c(sc3nc(NN)nc(NN)c23)CO1. The van der Waals surface area contributed by atoms with E-state index in [0.29, 0.717) is 24.3 Å². The van der Waals surface area contributed by atoms with Crippen molar-refractivity contribution < 1.29 is 4.74 Å². The number of thiophene rings is 1. The minimum absolute atomic E-state index is 0.221. The molecule has 2 aromatic heterocycles. The molecule has 0 amide bonds. The number of fused-ring (bicyclic) bond motifs is 3. The van der Waals surface area contributed by atoms with Crippen molar-refractivity contribution in [1.29, 1.82) is 0 Å². The lowest BCUT2D eigenvalue weighted by atomic mass is 9.95. The van der Waals surface area contributed by atoms with Gasteiger partial charge in [-0.05, 0) is 11.5 Å². The van der Waals surface area contributed by atoms with E-state index in [2.05, 4.69) is 34.7 Å². The first-order chi connectivity index (χ1) is 9.63. The molecule has 20 heavy (non-hydrogen) atoms. The minimum Gasteiger partial charge on any atom is -0.372 e. The lowest BCUT2D eigenvalue weighted by Gasteiger charge is -2.26. The summed E-state index contributed by atoms with van der Waals surface area (Å²) in [6.45, 7) is 4.95. The van der Waals surface area contributed by atoms with Crippen LogP contribution in [0.2, 0.25) is 0 Å². The molecule has 1 atom stereocenters. The summed E-state index contributed by atoms with van der Waals surface area (Å²) in [7, 11) is 0. The molecule has 0 fully saturated rings. The normalized spacial score (nSPS) is 18.4. The largest absolute Gasteiger partial charge is 0.372 e. The summed E-state index contributed by atoms with van der Waals surface area (Å²) in [4.78, 5) is 10.7. The molecule has 0 bridgehead atoms. The molecule has 2 aromatic rings. The summed E-state index contributed by atoms with van der Waals surface area (Å²) in [6.07, 6.45) is 1.08. The average molecular weight is 294 g/mol. The van der Waals surface area contributed by atoms with Gasteiger partial charge in [0.05, 0.1) is 18.1 Å². The highest BCUT2D eigenvalue weighted by Gasteiger charge is 2.27. The van der Waals surface area contributed by atoms with Crippen LogP contribution < -0.4 is 22.5 Å². The van der Waals surface area contributed by atoms with Crippen LogP contribution in [-0.4, -0.2) is 16.1 Å². The van der Waals surface area contributed by atoms with Crippen molar-refractivity contribution >= 4 is 33.3 Å². The third-order valence-corrected chi connectivity index (χ3v) is 4.68. The molecular weight excluding hydrogens is 276 g/mol. The average Bonchev–Trinajstić information content (AvgIpc) is 2.83. The number of ether oxygens (including phenoxy) is 1. The predicted octanol–water partition coefficient (Wildman–Crippen LogP) is 1.36. The van der Waals surface area contributed by atoms with Gasteiger partial charge in [0, 0.05) is 11.3 Å². The number of aromatic nitrogens is 2. The molecule has 0 spiro atoms. The van der Waals surface area contributed by atoms with Gasteiger partial charge in [-0.3, -0.25) is 5.43 Å². The molecule has 0 saturated heterocycles. The zero-order chi connectivity index (χ0) is 14.3. The second-order valence-electron chi connectivity index (χ2n) is 5.17. The lowest BCUT2D eigenvalue weighted by Crippen LogP contribution is -2.26. The molecule has 108 valence electrons. The Balaban J connectivity index is 2.15. The second-order valence-corrected chi connectivity index (χ2v) is 6.25. The van der Waals surface area contributed by atoms with Gasteiger partial charge in [-0.15, -0.1) is 11.3 Å². The van der Waals surface area contributed by atoms with Crippen LogP contribution in [0.1, 0.15) is 24.3 Å². The zero-order valence-electron chi connectivity index (χ0n) is 11.4. The van der Waals surface area contributed by atoms with Crippen LogP contribution in [0, 0.1) is 5.92 Å². The van der Waals surface area contributed by atoms with Crippen LogP contribution in [0.15, 0.2) is 0 Å². The molecule has 6 N–H and O–H groups in total. The Labute approximate surface area is 120 Å². The Morgan fingerprint density at radius 2 is 2.10 bits per heavy atom. The number of hydrogen-bond donors (Lipinski definition) is 4. The van der Waals surface area contributed by atoms with Crippen molar-refractivity contribution in [2.75, 3.05) is 10.9 Å². The van der Waals surface area contributed by atoms with E-state index in [1.165, 1.54) is 10.4 Å². The maximum absolute atomic E-state index is 5.90. The fourth-order valence-electron chi connectivity index (χ4n) is 2.48. The fourth-order valence-corrected chi connectivity index (χ4v) is 3.60. The van der Waals surface area contributed by atoms with E-state index in [1.54, 1.807) is 11.3 Å². The summed E-state index contributed by atoms with van der Waals surface area (Å²) in [5.41, 5.74) is 6.35. The van der Waals surface area contributed by atoms with Gasteiger partial charge in [0.25, 0.3) is 0 Å². The Hall–Kier alpha value is -1.48. The molecule has 1 aliphatic rings. The number of hydrazine groups is 2. The third kappa shape index (κ3) is 2.10. The first kappa shape index (κ1) is 13.5. The van der Waals surface area contributed by atoms with Crippen LogP contribution >= 0.6 is 11.3 Å². The molecule has 0 saturated carbocycles. The lowest BCUT2D eigenvalue weighted by molar-refractivity contribution is 0.00203. The molecule has 3 heterocycles. The standard InChI is InChI=1S/C12H18N6OS/c1-5(2)7-3-6-8(4-19-7)20-11-9(6)10(17-13)15-12(16-11)18-14/h5,7H,3-4,13-14H2,1-2H3,(H2,15,16,17,18). The molecule has 8 heteroatoms. The van der Waals surface area contributed by atoms with Gasteiger partial charge >= 0.3 is 0 Å². The van der Waals surface area contributed by atoms with E-state index in [0.717, 1.165) is 16.6 Å². The van der Waals surface area contributed by atoms with Crippen molar-refractivity contribution in [1.82, 2.24) is 9.97 Å². The first-order valence-corrected chi connectivity index (χ1v) is 7.32. The first-order valence-electron chi connectivity index (χ1n) is 6.51. The van der Waals surface area contributed by atoms with Gasteiger partial charge in [-0.1, -0.05) is 13.8 Å². The molecule has 0 aliphatic carbocycles. The van der Waals surface area contributed by atoms with Crippen LogP contribution in [0.5, 0.6) is 0 Å². The Kier molecular flexibility index (Phi) is 3.47. The number of anilines is 2. The third-order valence-electron chi connectivity index (χ3n) is 3.58. The van der Waals surface area contributed by atoms with Crippen LogP contribution in [0.25, 0.3) is 10.2 Å². The highest BCUT2D eigenvalue weighted by Crippen LogP contribution is 2.39. The Morgan fingerprint density at radius 1 is 1.30 bits per heavy atom. The number of hydrogen-bond acceptors (Lipinski definition) is 8. The van der Waals surface area contributed by atoms with Crippen molar-refractivity contribution in [2.24, 2.45) is 17.6 Å². The molecule has 7 nitrogen and oxygen atoms in total. The van der Waals surface area contributed by atoms with Crippen molar-refractivity contribution in [3.63, 3.8) is 0 Å². The van der Waals surface area contributed by atoms with E-state index in [9.17, 15) is 0 Å². The van der Waals surface area contributed by atoms with Crippen LogP contribution in [0.3, 0.4) is 0 Å². The van der Waals surface area contributed by atoms with Crippen molar-refractivity contribution in [2.45, 2.75) is 33.0 Å². The van der Waals surface area contributed by atoms with Crippen molar-refractivity contribution in [3.05, 3.63) is 10.4 Å². The van der Waals surface area contributed by atoms with Crippen LogP contribution in [-0.2, 0) is 17.8 Å². The number of rotatable bonds is 3. The Morgan fingerprint density at radius 3 is 2.75 bits per heavy atom. The number of nitrogen functional groups attached to an aromatic ring is 2. The molecule has 0 aromatic carbocycles. The van der Waals surface area contributed by atoms with Gasteiger partial charge in [0.2, 0.25) is 5.95 Å². The Bertz CT molecular complexity index is 640. The van der Waals surface area contributed by atoms with Gasteiger partial charge in [0.1, 0.15) is 4.83 Å².